The Kier molecular flexibility index (Phi) is 3.90. The Hall–Kier alpha value is -2.27. The molecule has 0 fully saturated rings. The van der Waals surface area contributed by atoms with Gasteiger partial charge >= 0.3 is 6.18 Å². The minimum absolute atomic E-state index is 0.281. The molecule has 0 spiro atoms. The van der Waals surface area contributed by atoms with Crippen LogP contribution >= 0.6 is 11.6 Å². The number of para-hydroxylation sites is 1. The van der Waals surface area contributed by atoms with Gasteiger partial charge in [-0.15, -0.1) is 0 Å². The summed E-state index contributed by atoms with van der Waals surface area (Å²) in [6.45, 7) is 1.93. The van der Waals surface area contributed by atoms with E-state index in [0.717, 1.165) is 22.5 Å². The molecule has 0 aliphatic rings. The number of aromatic nitrogens is 1. The summed E-state index contributed by atoms with van der Waals surface area (Å²) in [6.07, 6.45) is -4.50. The predicted octanol–water partition coefficient (Wildman–Crippen LogP) is 5.96. The van der Waals surface area contributed by atoms with Crippen molar-refractivity contribution in [3.8, 4) is 0 Å². The third-order valence-corrected chi connectivity index (χ3v) is 3.80. The highest BCUT2D eigenvalue weighted by atomic mass is 35.5. The molecule has 2 aromatic carbocycles. The summed E-state index contributed by atoms with van der Waals surface area (Å²) >= 11 is 5.62. The Morgan fingerprint density at radius 3 is 2.52 bits per heavy atom. The molecule has 3 rings (SSSR count). The largest absolute Gasteiger partial charge is 0.417 e. The van der Waals surface area contributed by atoms with Crippen LogP contribution in [-0.2, 0) is 6.18 Å². The normalized spacial score (nSPS) is 11.7. The van der Waals surface area contributed by atoms with Crippen molar-refractivity contribution in [2.24, 2.45) is 0 Å². The van der Waals surface area contributed by atoms with Crippen molar-refractivity contribution in [1.29, 1.82) is 0 Å². The summed E-state index contributed by atoms with van der Waals surface area (Å²) < 4.78 is 38.7. The van der Waals surface area contributed by atoms with Crippen LogP contribution in [0.25, 0.3) is 10.9 Å². The van der Waals surface area contributed by atoms with Crippen LogP contribution in [0.5, 0.6) is 0 Å². The van der Waals surface area contributed by atoms with Gasteiger partial charge in [-0.25, -0.2) is 4.98 Å². The van der Waals surface area contributed by atoms with Crippen molar-refractivity contribution in [3.63, 3.8) is 0 Å². The fourth-order valence-corrected chi connectivity index (χ4v) is 2.61. The number of fused-ring (bicyclic) bond motifs is 1. The van der Waals surface area contributed by atoms with Crippen molar-refractivity contribution in [2.45, 2.75) is 13.1 Å². The Morgan fingerprint density at radius 1 is 1.04 bits per heavy atom. The Morgan fingerprint density at radius 2 is 1.78 bits per heavy atom. The highest BCUT2D eigenvalue weighted by molar-refractivity contribution is 6.31. The monoisotopic (exact) mass is 336 g/mol. The molecule has 3 aromatic rings. The number of hydrogen-bond acceptors (Lipinski definition) is 2. The van der Waals surface area contributed by atoms with E-state index in [-0.39, 0.29) is 10.7 Å². The molecule has 1 heterocycles. The van der Waals surface area contributed by atoms with Gasteiger partial charge in [-0.1, -0.05) is 29.8 Å². The van der Waals surface area contributed by atoms with E-state index in [1.165, 1.54) is 12.1 Å². The van der Waals surface area contributed by atoms with E-state index < -0.39 is 11.7 Å². The minimum atomic E-state index is -4.50. The van der Waals surface area contributed by atoms with Gasteiger partial charge in [-0.05, 0) is 42.8 Å². The van der Waals surface area contributed by atoms with Gasteiger partial charge in [0, 0.05) is 11.1 Å². The van der Waals surface area contributed by atoms with Gasteiger partial charge in [0.1, 0.15) is 5.82 Å². The quantitative estimate of drug-likeness (QED) is 0.624. The lowest BCUT2D eigenvalue weighted by atomic mass is 10.1. The van der Waals surface area contributed by atoms with Crippen LogP contribution in [0, 0.1) is 6.92 Å². The van der Waals surface area contributed by atoms with Crippen LogP contribution in [0.4, 0.5) is 24.7 Å². The molecule has 0 aliphatic heterocycles. The summed E-state index contributed by atoms with van der Waals surface area (Å²) in [6, 6.07) is 13.1. The zero-order chi connectivity index (χ0) is 16.6. The summed E-state index contributed by atoms with van der Waals surface area (Å²) in [5.74, 6) is 0.483. The molecule has 0 aliphatic carbocycles. The van der Waals surface area contributed by atoms with E-state index in [4.69, 9.17) is 11.6 Å². The van der Waals surface area contributed by atoms with E-state index in [1.54, 1.807) is 6.07 Å². The first-order valence-electron chi connectivity index (χ1n) is 6.85. The molecule has 0 unspecified atom stereocenters. The number of anilines is 2. The van der Waals surface area contributed by atoms with Crippen LogP contribution in [0.1, 0.15) is 11.1 Å². The molecule has 23 heavy (non-hydrogen) atoms. The lowest BCUT2D eigenvalue weighted by molar-refractivity contribution is -0.137. The van der Waals surface area contributed by atoms with Gasteiger partial charge in [0.15, 0.2) is 0 Å². The third kappa shape index (κ3) is 3.24. The molecule has 118 valence electrons. The molecular formula is C17H12ClF3N2. The van der Waals surface area contributed by atoms with Crippen LogP contribution in [0.2, 0.25) is 5.02 Å². The standard InChI is InChI=1S/C17H12ClF3N2/c1-10-8-16(23-15-5-3-2-4-12(10)15)22-11-6-7-14(18)13(9-11)17(19,20)21/h2-9H,1H3,(H,22,23). The van der Waals surface area contributed by atoms with Crippen molar-refractivity contribution in [1.82, 2.24) is 4.98 Å². The zero-order valence-corrected chi connectivity index (χ0v) is 12.8. The van der Waals surface area contributed by atoms with Crippen LogP contribution in [0.15, 0.2) is 48.5 Å². The first-order chi connectivity index (χ1) is 10.8. The first kappa shape index (κ1) is 15.6. The Bertz CT molecular complexity index is 875. The highest BCUT2D eigenvalue weighted by Crippen LogP contribution is 2.36. The number of benzene rings is 2. The van der Waals surface area contributed by atoms with Gasteiger partial charge in [0.05, 0.1) is 16.1 Å². The molecule has 6 heteroatoms. The van der Waals surface area contributed by atoms with E-state index >= 15 is 0 Å². The second kappa shape index (κ2) is 5.74. The van der Waals surface area contributed by atoms with Crippen molar-refractivity contribution < 1.29 is 13.2 Å². The lowest BCUT2D eigenvalue weighted by Gasteiger charge is -2.13. The number of halogens is 4. The molecule has 0 atom stereocenters. The Balaban J connectivity index is 1.99. The van der Waals surface area contributed by atoms with E-state index in [0.29, 0.717) is 5.82 Å². The molecule has 0 bridgehead atoms. The summed E-state index contributed by atoms with van der Waals surface area (Å²) in [4.78, 5) is 4.42. The molecule has 2 nitrogen and oxygen atoms in total. The van der Waals surface area contributed by atoms with Crippen LogP contribution in [0.3, 0.4) is 0 Å². The number of nitrogens with one attached hydrogen (secondary N) is 1. The van der Waals surface area contributed by atoms with Crippen molar-refractivity contribution in [3.05, 3.63) is 64.7 Å². The first-order valence-corrected chi connectivity index (χ1v) is 7.22. The van der Waals surface area contributed by atoms with Gasteiger partial charge in [-0.3, -0.25) is 0 Å². The molecular weight excluding hydrogens is 325 g/mol. The summed E-state index contributed by atoms with van der Waals surface area (Å²) in [5.41, 5.74) is 1.17. The van der Waals surface area contributed by atoms with Crippen LogP contribution < -0.4 is 5.32 Å². The van der Waals surface area contributed by atoms with Crippen molar-refractivity contribution in [2.75, 3.05) is 5.32 Å². The number of hydrogen-bond donors (Lipinski definition) is 1. The van der Waals surface area contributed by atoms with Gasteiger partial charge in [0.2, 0.25) is 0 Å². The molecule has 0 saturated heterocycles. The average Bonchev–Trinajstić information content (AvgIpc) is 2.48. The predicted molar refractivity (Wildman–Crippen MR) is 86.2 cm³/mol. The van der Waals surface area contributed by atoms with Gasteiger partial charge < -0.3 is 5.32 Å². The third-order valence-electron chi connectivity index (χ3n) is 3.47. The number of aryl methyl sites for hydroxylation is 1. The smallest absolute Gasteiger partial charge is 0.340 e. The molecule has 0 amide bonds. The SMILES string of the molecule is Cc1cc(Nc2ccc(Cl)c(C(F)(F)F)c2)nc2ccccc12. The number of pyridine rings is 1. The zero-order valence-electron chi connectivity index (χ0n) is 12.1. The maximum Gasteiger partial charge on any atom is 0.417 e. The molecule has 1 N–H and O–H groups in total. The molecule has 0 saturated carbocycles. The summed E-state index contributed by atoms with van der Waals surface area (Å²) in [5, 5.41) is 3.58. The average molecular weight is 337 g/mol. The molecule has 1 aromatic heterocycles. The van der Waals surface area contributed by atoms with Crippen molar-refractivity contribution >= 4 is 34.0 Å². The number of rotatable bonds is 2. The molecule has 0 radical (unpaired) electrons. The van der Waals surface area contributed by atoms with Crippen LogP contribution in [-0.4, -0.2) is 4.98 Å². The van der Waals surface area contributed by atoms with E-state index in [2.05, 4.69) is 10.3 Å². The second-order valence-electron chi connectivity index (χ2n) is 5.16. The minimum Gasteiger partial charge on any atom is -0.340 e. The number of nitrogens with zero attached hydrogens (tertiary/aromatic N) is 1. The summed E-state index contributed by atoms with van der Waals surface area (Å²) in [7, 11) is 0. The maximum atomic E-state index is 12.9. The fraction of sp³-hybridized carbons (Fsp3) is 0.118. The van der Waals surface area contributed by atoms with E-state index in [1.807, 2.05) is 31.2 Å². The second-order valence-corrected chi connectivity index (χ2v) is 5.57. The lowest BCUT2D eigenvalue weighted by Crippen LogP contribution is -2.06. The van der Waals surface area contributed by atoms with E-state index in [9.17, 15) is 13.2 Å². The topological polar surface area (TPSA) is 24.9 Å². The van der Waals surface area contributed by atoms with Gasteiger partial charge in [0.25, 0.3) is 0 Å². The van der Waals surface area contributed by atoms with Gasteiger partial charge in [-0.2, -0.15) is 13.2 Å². The maximum absolute atomic E-state index is 12.9. The number of alkyl halides is 3. The Labute approximate surface area is 135 Å². The highest BCUT2D eigenvalue weighted by Gasteiger charge is 2.33. The fourth-order valence-electron chi connectivity index (χ4n) is 2.38.